The average Bonchev–Trinajstić information content (AvgIpc) is 3.52. The molecular weight excluding hydrogens is 524 g/mol. The minimum atomic E-state index is -2.48. The van der Waals surface area contributed by atoms with Crippen LogP contribution in [0.25, 0.3) is 0 Å². The molecule has 9 rings (SSSR count). The number of pyridine rings is 1. The molecular formula is C32H37F2N5O2. The first kappa shape index (κ1) is 25.5. The number of carbonyl (C=O) groups excluding carboxylic acids is 2. The van der Waals surface area contributed by atoms with Crippen LogP contribution in [0.15, 0.2) is 42.6 Å². The maximum Gasteiger partial charge on any atom is 0.322 e. The molecule has 2 aromatic rings. The molecule has 216 valence electrons. The van der Waals surface area contributed by atoms with Gasteiger partial charge in [-0.1, -0.05) is 12.1 Å². The quantitative estimate of drug-likeness (QED) is 0.480. The largest absolute Gasteiger partial charge is 0.370 e. The van der Waals surface area contributed by atoms with Crippen molar-refractivity contribution < 1.29 is 18.4 Å². The standard InChI is InChI=1S/C32H37F2N5O2/c33-32(34)19-31(32)7-9-37(10-8-31)24-5-6-27(35-18-24)38-11-12-39(26-4-2-1-3-25(26)38)29(41)36-28-22-13-21-14-23(28)17-30(15-21,16-22)20-40/h1-6,18,20-23,28H,7-17,19H2,(H,36,41). The zero-order valence-electron chi connectivity index (χ0n) is 23.3. The predicted octanol–water partition coefficient (Wildman–Crippen LogP) is 5.77. The number of nitrogens with one attached hydrogen (secondary N) is 1. The van der Waals surface area contributed by atoms with Crippen molar-refractivity contribution in [3.63, 3.8) is 0 Å². The summed E-state index contributed by atoms with van der Waals surface area (Å²) in [6.45, 7) is 2.42. The van der Waals surface area contributed by atoms with Crippen molar-refractivity contribution in [3.8, 4) is 0 Å². The summed E-state index contributed by atoms with van der Waals surface area (Å²) in [5.74, 6) is -0.267. The van der Waals surface area contributed by atoms with Gasteiger partial charge in [0.2, 0.25) is 0 Å². The second-order valence-corrected chi connectivity index (χ2v) is 13.7. The van der Waals surface area contributed by atoms with E-state index < -0.39 is 11.3 Å². The van der Waals surface area contributed by atoms with Crippen molar-refractivity contribution in [2.75, 3.05) is 40.9 Å². The summed E-state index contributed by atoms with van der Waals surface area (Å²) in [5.41, 5.74) is 1.85. The molecule has 6 fully saturated rings. The summed E-state index contributed by atoms with van der Waals surface area (Å²) >= 11 is 0. The lowest BCUT2D eigenvalue weighted by Gasteiger charge is -2.58. The predicted molar refractivity (Wildman–Crippen MR) is 153 cm³/mol. The van der Waals surface area contributed by atoms with Gasteiger partial charge in [0.1, 0.15) is 12.1 Å². The number of aldehydes is 1. The van der Waals surface area contributed by atoms with E-state index in [0.29, 0.717) is 56.8 Å². The average molecular weight is 562 g/mol. The molecule has 2 amide bonds. The van der Waals surface area contributed by atoms with E-state index >= 15 is 0 Å². The third kappa shape index (κ3) is 3.97. The number of amides is 2. The molecule has 1 aromatic heterocycles. The van der Waals surface area contributed by atoms with E-state index in [0.717, 1.165) is 55.0 Å². The number of benzene rings is 1. The van der Waals surface area contributed by atoms with Crippen molar-refractivity contribution in [1.82, 2.24) is 10.3 Å². The summed E-state index contributed by atoms with van der Waals surface area (Å²) in [6.07, 6.45) is 9.24. The molecule has 5 saturated carbocycles. The van der Waals surface area contributed by atoms with Gasteiger partial charge in [-0.3, -0.25) is 4.90 Å². The Bertz CT molecular complexity index is 1360. The van der Waals surface area contributed by atoms with Gasteiger partial charge in [-0.15, -0.1) is 0 Å². The second-order valence-electron chi connectivity index (χ2n) is 13.7. The van der Waals surface area contributed by atoms with Gasteiger partial charge in [0.25, 0.3) is 5.92 Å². The Balaban J connectivity index is 0.965. The highest BCUT2D eigenvalue weighted by molar-refractivity contribution is 5.98. The first-order chi connectivity index (χ1) is 19.8. The molecule has 3 heterocycles. The maximum atomic E-state index is 13.8. The molecule has 5 aliphatic carbocycles. The number of carbonyl (C=O) groups is 2. The van der Waals surface area contributed by atoms with Gasteiger partial charge in [-0.25, -0.2) is 18.6 Å². The Morgan fingerprint density at radius 3 is 2.29 bits per heavy atom. The monoisotopic (exact) mass is 561 g/mol. The smallest absolute Gasteiger partial charge is 0.322 e. The number of anilines is 4. The number of alkyl halides is 2. The molecule has 1 saturated heterocycles. The van der Waals surface area contributed by atoms with Crippen LogP contribution >= 0.6 is 0 Å². The number of piperidine rings is 1. The Hall–Kier alpha value is -3.23. The van der Waals surface area contributed by atoms with Crippen LogP contribution in [0, 0.1) is 28.6 Å². The molecule has 1 aromatic carbocycles. The van der Waals surface area contributed by atoms with Gasteiger partial charge in [0.15, 0.2) is 0 Å². The molecule has 7 aliphatic rings. The third-order valence-corrected chi connectivity index (χ3v) is 11.4. The van der Waals surface area contributed by atoms with E-state index in [1.165, 1.54) is 6.29 Å². The van der Waals surface area contributed by atoms with E-state index in [4.69, 9.17) is 4.98 Å². The summed E-state index contributed by atoms with van der Waals surface area (Å²) in [7, 11) is 0. The highest BCUT2D eigenvalue weighted by Gasteiger charge is 2.70. The summed E-state index contributed by atoms with van der Waals surface area (Å²) in [4.78, 5) is 36.6. The van der Waals surface area contributed by atoms with Gasteiger partial charge in [0.05, 0.1) is 23.3 Å². The van der Waals surface area contributed by atoms with Crippen molar-refractivity contribution >= 4 is 35.2 Å². The topological polar surface area (TPSA) is 68.8 Å². The Morgan fingerprint density at radius 2 is 1.66 bits per heavy atom. The molecule has 2 atom stereocenters. The molecule has 41 heavy (non-hydrogen) atoms. The third-order valence-electron chi connectivity index (χ3n) is 11.4. The van der Waals surface area contributed by atoms with Gasteiger partial charge in [-0.2, -0.15) is 0 Å². The summed E-state index contributed by atoms with van der Waals surface area (Å²) < 4.78 is 27.6. The number of fused-ring (bicyclic) bond motifs is 1. The highest BCUT2D eigenvalue weighted by atomic mass is 19.3. The lowest BCUT2D eigenvalue weighted by Crippen LogP contribution is -2.61. The number of urea groups is 1. The molecule has 2 aliphatic heterocycles. The van der Waals surface area contributed by atoms with Gasteiger partial charge < -0.3 is 19.9 Å². The number of hydrogen-bond donors (Lipinski definition) is 1. The number of para-hydroxylation sites is 2. The molecule has 9 heteroatoms. The lowest BCUT2D eigenvalue weighted by atomic mass is 9.48. The van der Waals surface area contributed by atoms with E-state index in [1.54, 1.807) is 0 Å². The SMILES string of the molecule is O=CC12CC3CC(C1)C(NC(=O)N1CCN(c4ccc(N5CCC6(CC5)CC6(F)F)cn4)c4ccccc41)C(C3)C2. The molecule has 2 unspecified atom stereocenters. The van der Waals surface area contributed by atoms with Crippen LogP contribution in [0.5, 0.6) is 0 Å². The minimum absolute atomic E-state index is 0.0393. The number of halogens is 2. The Labute approximate surface area is 239 Å². The highest BCUT2D eigenvalue weighted by Crippen LogP contribution is 2.66. The first-order valence-corrected chi connectivity index (χ1v) is 15.3. The molecule has 7 nitrogen and oxygen atoms in total. The minimum Gasteiger partial charge on any atom is -0.370 e. The van der Waals surface area contributed by atoms with Crippen LogP contribution in [0.2, 0.25) is 0 Å². The van der Waals surface area contributed by atoms with Gasteiger partial charge in [-0.05, 0) is 87.0 Å². The van der Waals surface area contributed by atoms with Gasteiger partial charge >= 0.3 is 6.03 Å². The van der Waals surface area contributed by atoms with E-state index in [1.807, 2.05) is 47.5 Å². The van der Waals surface area contributed by atoms with Crippen molar-refractivity contribution in [3.05, 3.63) is 42.6 Å². The van der Waals surface area contributed by atoms with Crippen molar-refractivity contribution in [1.29, 1.82) is 0 Å². The molecule has 1 N–H and O–H groups in total. The van der Waals surface area contributed by atoms with Crippen LogP contribution < -0.4 is 20.0 Å². The Kier molecular flexibility index (Phi) is 5.52. The summed E-state index contributed by atoms with van der Waals surface area (Å²) in [5, 5.41) is 3.41. The van der Waals surface area contributed by atoms with E-state index in [2.05, 4.69) is 15.1 Å². The fourth-order valence-electron chi connectivity index (χ4n) is 9.34. The lowest BCUT2D eigenvalue weighted by molar-refractivity contribution is -0.133. The van der Waals surface area contributed by atoms with Crippen molar-refractivity contribution in [2.45, 2.75) is 63.3 Å². The fourth-order valence-corrected chi connectivity index (χ4v) is 9.34. The number of hydrogen-bond acceptors (Lipinski definition) is 5. The number of nitrogens with zero attached hydrogens (tertiary/aromatic N) is 4. The second kappa shape index (κ2) is 8.88. The van der Waals surface area contributed by atoms with Crippen LogP contribution in [0.1, 0.15) is 51.4 Å². The molecule has 1 spiro atoms. The fraction of sp³-hybridized carbons (Fsp3) is 0.594. The maximum absolute atomic E-state index is 13.8. The zero-order chi connectivity index (χ0) is 28.0. The van der Waals surface area contributed by atoms with E-state index in [9.17, 15) is 18.4 Å². The van der Waals surface area contributed by atoms with Crippen LogP contribution in [-0.4, -0.2) is 55.4 Å². The van der Waals surface area contributed by atoms with E-state index in [-0.39, 0.29) is 23.9 Å². The number of rotatable bonds is 4. The van der Waals surface area contributed by atoms with Gasteiger partial charge in [0, 0.05) is 49.5 Å². The van der Waals surface area contributed by atoms with Crippen LogP contribution in [0.3, 0.4) is 0 Å². The molecule has 0 radical (unpaired) electrons. The number of aromatic nitrogens is 1. The summed E-state index contributed by atoms with van der Waals surface area (Å²) in [6, 6.07) is 12.1. The van der Waals surface area contributed by atoms with Crippen molar-refractivity contribution in [2.24, 2.45) is 28.6 Å². The Morgan fingerprint density at radius 1 is 0.951 bits per heavy atom. The van der Waals surface area contributed by atoms with Crippen LogP contribution in [0.4, 0.5) is 36.5 Å². The normalized spacial score (nSPS) is 34.0. The first-order valence-electron chi connectivity index (χ1n) is 15.3. The zero-order valence-corrected chi connectivity index (χ0v) is 23.3. The van der Waals surface area contributed by atoms with Crippen LogP contribution in [-0.2, 0) is 4.79 Å². The molecule has 4 bridgehead atoms.